The molecule has 1 N–H and O–H groups in total. The van der Waals surface area contributed by atoms with Crippen LogP contribution in [0.1, 0.15) is 30.6 Å². The van der Waals surface area contributed by atoms with Gasteiger partial charge >= 0.3 is 0 Å². The Balaban J connectivity index is 1.86. The number of likely N-dealkylation sites (N-methyl/N-ethyl adjacent to an activating group) is 1. The lowest BCUT2D eigenvalue weighted by molar-refractivity contribution is -0.126. The number of hydrogen-bond donors (Lipinski definition) is 1. The quantitative estimate of drug-likeness (QED) is 0.927. The van der Waals surface area contributed by atoms with Gasteiger partial charge in [-0.3, -0.25) is 9.69 Å². The Morgan fingerprint density at radius 2 is 2.33 bits per heavy atom. The second-order valence-corrected chi connectivity index (χ2v) is 6.57. The van der Waals surface area contributed by atoms with Crippen LogP contribution in [0.3, 0.4) is 0 Å². The number of halogens is 1. The molecule has 5 heteroatoms. The molecule has 2 heterocycles. The summed E-state index contributed by atoms with van der Waals surface area (Å²) < 4.78 is 0.769. The van der Waals surface area contributed by atoms with E-state index in [-0.39, 0.29) is 11.9 Å². The Bertz CT molecular complexity index is 407. The highest BCUT2D eigenvalue weighted by Crippen LogP contribution is 2.21. The highest BCUT2D eigenvalue weighted by molar-refractivity contribution is 7.16. The Hall–Kier alpha value is -0.580. The molecule has 0 spiro atoms. The predicted octanol–water partition coefficient (Wildman–Crippen LogP) is 2.89. The van der Waals surface area contributed by atoms with E-state index in [1.54, 1.807) is 0 Å². The molecule has 1 amide bonds. The molecule has 1 aliphatic heterocycles. The third kappa shape index (κ3) is 3.70. The number of nitrogens with one attached hydrogen (secondary N) is 1. The minimum absolute atomic E-state index is 0.0305. The number of carbonyl (C=O) groups is 1. The number of rotatable bonds is 3. The Morgan fingerprint density at radius 1 is 1.50 bits per heavy atom. The molecule has 100 valence electrons. The van der Waals surface area contributed by atoms with Gasteiger partial charge in [-0.15, -0.1) is 11.3 Å². The van der Waals surface area contributed by atoms with Crippen molar-refractivity contribution in [3.63, 3.8) is 0 Å². The van der Waals surface area contributed by atoms with Gasteiger partial charge in [0.15, 0.2) is 0 Å². The number of hydrogen-bond acceptors (Lipinski definition) is 3. The van der Waals surface area contributed by atoms with Gasteiger partial charge in [0.2, 0.25) is 5.91 Å². The van der Waals surface area contributed by atoms with Gasteiger partial charge in [0.25, 0.3) is 0 Å². The normalized spacial score (nSPS) is 21.6. The van der Waals surface area contributed by atoms with Gasteiger partial charge in [0, 0.05) is 4.88 Å². The number of nitrogens with zero attached hydrogens (tertiary/aromatic N) is 1. The van der Waals surface area contributed by atoms with Crippen molar-refractivity contribution in [3.05, 3.63) is 21.3 Å². The molecule has 1 fully saturated rings. The number of amides is 1. The summed E-state index contributed by atoms with van der Waals surface area (Å²) in [6.07, 6.45) is 4.54. The summed E-state index contributed by atoms with van der Waals surface area (Å²) >= 11 is 7.39. The standard InChI is InChI=1S/C13H19ClN2OS/c1-16-8-4-2-3-5-11(16)13(17)15-9-10-6-7-12(14)18-10/h6-7,11H,2-5,8-9H2,1H3,(H,15,17)/t11-/m0/s1. The van der Waals surface area contributed by atoms with Gasteiger partial charge in [-0.25, -0.2) is 0 Å². The van der Waals surface area contributed by atoms with Crippen LogP contribution in [0.4, 0.5) is 0 Å². The molecule has 2 rings (SSSR count). The van der Waals surface area contributed by atoms with Gasteiger partial charge in [-0.1, -0.05) is 24.4 Å². The van der Waals surface area contributed by atoms with Gasteiger partial charge < -0.3 is 5.32 Å². The van der Waals surface area contributed by atoms with Crippen molar-refractivity contribution >= 4 is 28.8 Å². The van der Waals surface area contributed by atoms with E-state index in [0.717, 1.165) is 28.6 Å². The SMILES string of the molecule is CN1CCCCC[C@H]1C(=O)NCc1ccc(Cl)s1. The van der Waals surface area contributed by atoms with Crippen LogP contribution in [-0.2, 0) is 11.3 Å². The molecule has 1 aliphatic rings. The zero-order chi connectivity index (χ0) is 13.0. The Labute approximate surface area is 117 Å². The zero-order valence-electron chi connectivity index (χ0n) is 10.6. The summed E-state index contributed by atoms with van der Waals surface area (Å²) in [6.45, 7) is 1.60. The second kappa shape index (κ2) is 6.55. The first kappa shape index (κ1) is 13.8. The molecule has 1 aromatic rings. The maximum Gasteiger partial charge on any atom is 0.237 e. The van der Waals surface area contributed by atoms with Crippen LogP contribution in [0.2, 0.25) is 4.34 Å². The lowest BCUT2D eigenvalue weighted by Gasteiger charge is -2.24. The van der Waals surface area contributed by atoms with E-state index in [2.05, 4.69) is 10.2 Å². The van der Waals surface area contributed by atoms with Crippen molar-refractivity contribution < 1.29 is 4.79 Å². The second-order valence-electron chi connectivity index (χ2n) is 4.77. The molecule has 0 aromatic carbocycles. The van der Waals surface area contributed by atoms with Crippen LogP contribution >= 0.6 is 22.9 Å². The summed E-state index contributed by atoms with van der Waals surface area (Å²) in [5.41, 5.74) is 0. The van der Waals surface area contributed by atoms with Crippen LogP contribution in [-0.4, -0.2) is 30.4 Å². The van der Waals surface area contributed by atoms with E-state index in [0.29, 0.717) is 6.54 Å². The molecule has 1 saturated heterocycles. The molecule has 1 aromatic heterocycles. The van der Waals surface area contributed by atoms with Gasteiger partial charge in [-0.05, 0) is 38.6 Å². The average Bonchev–Trinajstić information content (AvgIpc) is 2.64. The minimum Gasteiger partial charge on any atom is -0.350 e. The smallest absolute Gasteiger partial charge is 0.237 e. The Morgan fingerprint density at radius 3 is 3.06 bits per heavy atom. The topological polar surface area (TPSA) is 32.3 Å². The lowest BCUT2D eigenvalue weighted by atomic mass is 10.1. The van der Waals surface area contributed by atoms with E-state index < -0.39 is 0 Å². The molecule has 0 bridgehead atoms. The predicted molar refractivity (Wildman–Crippen MR) is 76.1 cm³/mol. The summed E-state index contributed by atoms with van der Waals surface area (Å²) in [4.78, 5) is 15.4. The fourth-order valence-corrected chi connectivity index (χ4v) is 3.35. The average molecular weight is 287 g/mol. The molecule has 1 atom stereocenters. The summed E-state index contributed by atoms with van der Waals surface area (Å²) in [6, 6.07) is 3.86. The molecule has 18 heavy (non-hydrogen) atoms. The van der Waals surface area contributed by atoms with Crippen molar-refractivity contribution in [3.8, 4) is 0 Å². The molecule has 0 unspecified atom stereocenters. The first-order valence-electron chi connectivity index (χ1n) is 6.39. The molecular weight excluding hydrogens is 268 g/mol. The Kier molecular flexibility index (Phi) is 5.03. The van der Waals surface area contributed by atoms with E-state index >= 15 is 0 Å². The maximum absolute atomic E-state index is 12.2. The minimum atomic E-state index is 0.0305. The van der Waals surface area contributed by atoms with Gasteiger partial charge in [0.1, 0.15) is 0 Å². The van der Waals surface area contributed by atoms with E-state index in [9.17, 15) is 4.79 Å². The summed E-state index contributed by atoms with van der Waals surface area (Å²) in [7, 11) is 2.04. The molecule has 3 nitrogen and oxygen atoms in total. The van der Waals surface area contributed by atoms with Crippen molar-refractivity contribution in [2.45, 2.75) is 38.3 Å². The van der Waals surface area contributed by atoms with Gasteiger partial charge in [-0.2, -0.15) is 0 Å². The van der Waals surface area contributed by atoms with Crippen molar-refractivity contribution in [2.75, 3.05) is 13.6 Å². The number of likely N-dealkylation sites (tertiary alicyclic amines) is 1. The molecule has 0 aliphatic carbocycles. The first-order valence-corrected chi connectivity index (χ1v) is 7.58. The van der Waals surface area contributed by atoms with Crippen molar-refractivity contribution in [1.82, 2.24) is 10.2 Å². The fraction of sp³-hybridized carbons (Fsp3) is 0.615. The highest BCUT2D eigenvalue weighted by Gasteiger charge is 2.24. The van der Waals surface area contributed by atoms with Crippen LogP contribution in [0.15, 0.2) is 12.1 Å². The molecule has 0 saturated carbocycles. The van der Waals surface area contributed by atoms with Crippen molar-refractivity contribution in [1.29, 1.82) is 0 Å². The van der Waals surface area contributed by atoms with E-state index in [1.807, 2.05) is 19.2 Å². The monoisotopic (exact) mass is 286 g/mol. The van der Waals surface area contributed by atoms with Crippen LogP contribution in [0, 0.1) is 0 Å². The number of carbonyl (C=O) groups excluding carboxylic acids is 1. The van der Waals surface area contributed by atoms with Gasteiger partial charge in [0.05, 0.1) is 16.9 Å². The molecule has 0 radical (unpaired) electrons. The van der Waals surface area contributed by atoms with Crippen molar-refractivity contribution in [2.24, 2.45) is 0 Å². The van der Waals surface area contributed by atoms with Crippen LogP contribution in [0.5, 0.6) is 0 Å². The summed E-state index contributed by atoms with van der Waals surface area (Å²) in [5, 5.41) is 3.01. The largest absolute Gasteiger partial charge is 0.350 e. The third-order valence-corrected chi connectivity index (χ3v) is 4.62. The van der Waals surface area contributed by atoms with Crippen LogP contribution < -0.4 is 5.32 Å². The third-order valence-electron chi connectivity index (χ3n) is 3.39. The number of thiophene rings is 1. The summed E-state index contributed by atoms with van der Waals surface area (Å²) in [5.74, 6) is 0.143. The van der Waals surface area contributed by atoms with Crippen LogP contribution in [0.25, 0.3) is 0 Å². The maximum atomic E-state index is 12.2. The molecular formula is C13H19ClN2OS. The fourth-order valence-electron chi connectivity index (χ4n) is 2.32. The zero-order valence-corrected chi connectivity index (χ0v) is 12.2. The highest BCUT2D eigenvalue weighted by atomic mass is 35.5. The first-order chi connectivity index (χ1) is 8.66. The van der Waals surface area contributed by atoms with E-state index in [4.69, 9.17) is 11.6 Å². The lowest BCUT2D eigenvalue weighted by Crippen LogP contribution is -2.44. The van der Waals surface area contributed by atoms with E-state index in [1.165, 1.54) is 24.2 Å².